The van der Waals surface area contributed by atoms with Gasteiger partial charge in [0.15, 0.2) is 5.84 Å². The van der Waals surface area contributed by atoms with E-state index in [9.17, 15) is 0 Å². The third-order valence-electron chi connectivity index (χ3n) is 4.31. The van der Waals surface area contributed by atoms with Crippen LogP contribution >= 0.6 is 0 Å². The lowest BCUT2D eigenvalue weighted by atomic mass is 10.0. The second-order valence-corrected chi connectivity index (χ2v) is 5.80. The zero-order valence-corrected chi connectivity index (χ0v) is 12.5. The van der Waals surface area contributed by atoms with E-state index in [0.29, 0.717) is 6.04 Å². The number of oxime groups is 1. The van der Waals surface area contributed by atoms with Gasteiger partial charge in [-0.3, -0.25) is 4.90 Å². The highest BCUT2D eigenvalue weighted by molar-refractivity contribution is 5.97. The number of amidine groups is 1. The Morgan fingerprint density at radius 1 is 1.40 bits per heavy atom. The van der Waals surface area contributed by atoms with Crippen LogP contribution in [0.4, 0.5) is 0 Å². The Hall–Kier alpha value is -1.55. The summed E-state index contributed by atoms with van der Waals surface area (Å²) in [6.45, 7) is 6.59. The fourth-order valence-corrected chi connectivity index (χ4v) is 2.88. The van der Waals surface area contributed by atoms with Crippen molar-refractivity contribution in [2.75, 3.05) is 6.54 Å². The molecule has 1 aliphatic rings. The maximum atomic E-state index is 8.73. The summed E-state index contributed by atoms with van der Waals surface area (Å²) < 4.78 is 0. The summed E-state index contributed by atoms with van der Waals surface area (Å²) in [5.74, 6) is 0.169. The SMILES string of the molecule is Cc1cc(/C(N)=N/O)ccc1CN1CCCCCC1C. The molecular weight excluding hydrogens is 250 g/mol. The van der Waals surface area contributed by atoms with Crippen molar-refractivity contribution < 1.29 is 5.21 Å². The monoisotopic (exact) mass is 275 g/mol. The van der Waals surface area contributed by atoms with Crippen LogP contribution in [0.1, 0.15) is 49.3 Å². The van der Waals surface area contributed by atoms with Crippen molar-refractivity contribution in [1.82, 2.24) is 4.90 Å². The van der Waals surface area contributed by atoms with Crippen molar-refractivity contribution in [3.63, 3.8) is 0 Å². The highest BCUT2D eigenvalue weighted by Crippen LogP contribution is 2.21. The van der Waals surface area contributed by atoms with Crippen molar-refractivity contribution in [2.24, 2.45) is 10.9 Å². The number of benzene rings is 1. The third kappa shape index (κ3) is 3.51. The third-order valence-corrected chi connectivity index (χ3v) is 4.31. The van der Waals surface area contributed by atoms with Gasteiger partial charge in [-0.2, -0.15) is 0 Å². The van der Waals surface area contributed by atoms with Gasteiger partial charge in [0.05, 0.1) is 0 Å². The van der Waals surface area contributed by atoms with Gasteiger partial charge in [0.1, 0.15) is 0 Å². The normalized spacial score (nSPS) is 21.7. The Bertz CT molecular complexity index is 485. The molecule has 4 nitrogen and oxygen atoms in total. The van der Waals surface area contributed by atoms with Crippen LogP contribution < -0.4 is 5.73 Å². The van der Waals surface area contributed by atoms with Crippen molar-refractivity contribution in [1.29, 1.82) is 0 Å². The molecule has 1 saturated heterocycles. The van der Waals surface area contributed by atoms with E-state index < -0.39 is 0 Å². The molecule has 1 fully saturated rings. The average molecular weight is 275 g/mol. The topological polar surface area (TPSA) is 61.9 Å². The van der Waals surface area contributed by atoms with Crippen LogP contribution in [0.3, 0.4) is 0 Å². The van der Waals surface area contributed by atoms with Crippen LogP contribution in [0.2, 0.25) is 0 Å². The maximum Gasteiger partial charge on any atom is 0.170 e. The van der Waals surface area contributed by atoms with E-state index in [4.69, 9.17) is 10.9 Å². The molecule has 110 valence electrons. The number of rotatable bonds is 3. The Morgan fingerprint density at radius 2 is 2.20 bits per heavy atom. The lowest BCUT2D eigenvalue weighted by Crippen LogP contribution is -2.32. The zero-order chi connectivity index (χ0) is 14.5. The summed E-state index contributed by atoms with van der Waals surface area (Å²) in [4.78, 5) is 2.57. The largest absolute Gasteiger partial charge is 0.409 e. The molecule has 3 N–H and O–H groups in total. The summed E-state index contributed by atoms with van der Waals surface area (Å²) >= 11 is 0. The van der Waals surface area contributed by atoms with Crippen LogP contribution in [0.15, 0.2) is 23.4 Å². The standard InChI is InChI=1S/C16H25N3O/c1-12-10-14(16(17)18-20)7-8-15(12)11-19-9-5-3-4-6-13(19)2/h7-8,10,13,20H,3-6,9,11H2,1-2H3,(H2,17,18). The van der Waals surface area contributed by atoms with Gasteiger partial charge in [-0.15, -0.1) is 0 Å². The Labute approximate surface area is 121 Å². The number of likely N-dealkylation sites (tertiary alicyclic amines) is 1. The van der Waals surface area contributed by atoms with Crippen LogP contribution in [-0.4, -0.2) is 28.5 Å². The second kappa shape index (κ2) is 6.75. The van der Waals surface area contributed by atoms with Gasteiger partial charge in [0.25, 0.3) is 0 Å². The van der Waals surface area contributed by atoms with Gasteiger partial charge in [-0.1, -0.05) is 30.1 Å². The van der Waals surface area contributed by atoms with E-state index in [1.54, 1.807) is 0 Å². The first-order valence-corrected chi connectivity index (χ1v) is 7.43. The van der Waals surface area contributed by atoms with Gasteiger partial charge in [-0.05, 0) is 50.4 Å². The van der Waals surface area contributed by atoms with E-state index in [2.05, 4.69) is 30.0 Å². The molecule has 0 aliphatic carbocycles. The van der Waals surface area contributed by atoms with E-state index in [0.717, 1.165) is 12.1 Å². The lowest BCUT2D eigenvalue weighted by molar-refractivity contribution is 0.204. The van der Waals surface area contributed by atoms with E-state index in [-0.39, 0.29) is 5.84 Å². The summed E-state index contributed by atoms with van der Waals surface area (Å²) in [7, 11) is 0. The summed E-state index contributed by atoms with van der Waals surface area (Å²) in [6, 6.07) is 6.67. The Morgan fingerprint density at radius 3 is 2.90 bits per heavy atom. The predicted molar refractivity (Wildman–Crippen MR) is 82.0 cm³/mol. The Balaban J connectivity index is 2.13. The first kappa shape index (κ1) is 14.9. The quantitative estimate of drug-likeness (QED) is 0.386. The minimum Gasteiger partial charge on any atom is -0.409 e. The van der Waals surface area contributed by atoms with Gasteiger partial charge < -0.3 is 10.9 Å². The number of hydrogen-bond donors (Lipinski definition) is 2. The molecule has 0 amide bonds. The van der Waals surface area contributed by atoms with Crippen molar-refractivity contribution >= 4 is 5.84 Å². The maximum absolute atomic E-state index is 8.73. The molecule has 2 rings (SSSR count). The minimum atomic E-state index is 0.169. The molecule has 1 atom stereocenters. The lowest BCUT2D eigenvalue weighted by Gasteiger charge is -2.27. The molecule has 1 heterocycles. The highest BCUT2D eigenvalue weighted by atomic mass is 16.4. The molecular formula is C16H25N3O. The van der Waals surface area contributed by atoms with Gasteiger partial charge in [0, 0.05) is 18.2 Å². The first-order chi connectivity index (χ1) is 9.61. The molecule has 1 aromatic carbocycles. The number of nitrogens with zero attached hydrogens (tertiary/aromatic N) is 2. The number of aryl methyl sites for hydroxylation is 1. The van der Waals surface area contributed by atoms with Gasteiger partial charge in [-0.25, -0.2) is 0 Å². The second-order valence-electron chi connectivity index (χ2n) is 5.80. The number of hydrogen-bond acceptors (Lipinski definition) is 3. The molecule has 4 heteroatoms. The van der Waals surface area contributed by atoms with Gasteiger partial charge >= 0.3 is 0 Å². The molecule has 1 aromatic rings. The number of nitrogens with two attached hydrogens (primary N) is 1. The van der Waals surface area contributed by atoms with E-state index in [1.165, 1.54) is 43.4 Å². The van der Waals surface area contributed by atoms with E-state index >= 15 is 0 Å². The average Bonchev–Trinajstić information content (AvgIpc) is 2.65. The van der Waals surface area contributed by atoms with Gasteiger partial charge in [0.2, 0.25) is 0 Å². The van der Waals surface area contributed by atoms with Crippen molar-refractivity contribution in [2.45, 2.75) is 52.1 Å². The summed E-state index contributed by atoms with van der Waals surface area (Å²) in [6.07, 6.45) is 5.29. The first-order valence-electron chi connectivity index (χ1n) is 7.43. The molecule has 1 unspecified atom stereocenters. The summed E-state index contributed by atoms with van der Waals surface area (Å²) in [5, 5.41) is 11.8. The Kier molecular flexibility index (Phi) is 5.01. The smallest absolute Gasteiger partial charge is 0.170 e. The predicted octanol–water partition coefficient (Wildman–Crippen LogP) is 2.85. The molecule has 0 aromatic heterocycles. The molecule has 0 saturated carbocycles. The fourth-order valence-electron chi connectivity index (χ4n) is 2.88. The zero-order valence-electron chi connectivity index (χ0n) is 12.5. The fraction of sp³-hybridized carbons (Fsp3) is 0.562. The van der Waals surface area contributed by atoms with Crippen molar-refractivity contribution in [3.05, 3.63) is 34.9 Å². The van der Waals surface area contributed by atoms with Crippen LogP contribution in [0.5, 0.6) is 0 Å². The van der Waals surface area contributed by atoms with Crippen LogP contribution in [0.25, 0.3) is 0 Å². The van der Waals surface area contributed by atoms with Crippen LogP contribution in [0, 0.1) is 6.92 Å². The molecule has 20 heavy (non-hydrogen) atoms. The summed E-state index contributed by atoms with van der Waals surface area (Å²) in [5.41, 5.74) is 8.93. The highest BCUT2D eigenvalue weighted by Gasteiger charge is 2.17. The minimum absolute atomic E-state index is 0.169. The van der Waals surface area contributed by atoms with E-state index in [1.807, 2.05) is 12.1 Å². The molecule has 0 radical (unpaired) electrons. The molecule has 0 bridgehead atoms. The molecule has 1 aliphatic heterocycles. The van der Waals surface area contributed by atoms with Crippen LogP contribution in [-0.2, 0) is 6.54 Å². The molecule has 0 spiro atoms. The van der Waals surface area contributed by atoms with Crippen molar-refractivity contribution in [3.8, 4) is 0 Å².